The minimum absolute atomic E-state index is 0.139. The second kappa shape index (κ2) is 5.77. The highest BCUT2D eigenvalue weighted by Crippen LogP contribution is 2.63. The zero-order valence-electron chi connectivity index (χ0n) is 15.2. The van der Waals surface area contributed by atoms with Crippen molar-refractivity contribution in [3.8, 4) is 0 Å². The SMILES string of the molecule is C=C[C@@]1(C)CC[C@H]2C(=CC[C@@H]3[C@]2(C)CCC[C@@]3(C)C(=O)N=[N+]=[N-])C1. The fourth-order valence-corrected chi connectivity index (χ4v) is 6.02. The summed E-state index contributed by atoms with van der Waals surface area (Å²) in [6, 6.07) is 0. The van der Waals surface area contributed by atoms with Crippen molar-refractivity contribution in [2.24, 2.45) is 33.2 Å². The van der Waals surface area contributed by atoms with Gasteiger partial charge in [0.15, 0.2) is 0 Å². The highest BCUT2D eigenvalue weighted by molar-refractivity contribution is 5.83. The second-order valence-electron chi connectivity index (χ2n) is 8.96. The fourth-order valence-electron chi connectivity index (χ4n) is 6.02. The molecular weight excluding hydrogens is 298 g/mol. The summed E-state index contributed by atoms with van der Waals surface area (Å²) in [5.74, 6) is 0.575. The zero-order valence-corrected chi connectivity index (χ0v) is 15.2. The van der Waals surface area contributed by atoms with Gasteiger partial charge in [0.2, 0.25) is 5.91 Å². The quantitative estimate of drug-likeness (QED) is 0.267. The van der Waals surface area contributed by atoms with Crippen LogP contribution in [0.25, 0.3) is 10.4 Å². The largest absolute Gasteiger partial charge is 0.292 e. The standard InChI is InChI=1S/C20H29N3O/c1-5-18(2)12-9-15-14(13-18)7-8-16-19(15,3)10-6-11-20(16,4)17(24)22-23-21/h5,7,15-16H,1,6,8-13H2,2-4H3/t15-,16+,18-,19+,20+/m0/s1. The molecule has 0 aliphatic heterocycles. The molecule has 0 aromatic carbocycles. The van der Waals surface area contributed by atoms with Crippen LogP contribution in [0.1, 0.15) is 65.7 Å². The number of rotatable bonds is 2. The summed E-state index contributed by atoms with van der Waals surface area (Å²) in [5, 5.41) is 3.49. The summed E-state index contributed by atoms with van der Waals surface area (Å²) in [5.41, 5.74) is 10.1. The van der Waals surface area contributed by atoms with Gasteiger partial charge in [-0.15, -0.1) is 6.58 Å². The smallest absolute Gasteiger partial charge is 0.225 e. The van der Waals surface area contributed by atoms with Crippen molar-refractivity contribution in [2.75, 3.05) is 0 Å². The third-order valence-corrected chi connectivity index (χ3v) is 7.57. The van der Waals surface area contributed by atoms with Gasteiger partial charge in [-0.2, -0.15) is 0 Å². The van der Waals surface area contributed by atoms with Crippen LogP contribution < -0.4 is 0 Å². The number of azide groups is 1. The maximum absolute atomic E-state index is 12.6. The van der Waals surface area contributed by atoms with Gasteiger partial charge in [0.1, 0.15) is 0 Å². The topological polar surface area (TPSA) is 65.8 Å². The van der Waals surface area contributed by atoms with Crippen molar-refractivity contribution in [1.82, 2.24) is 0 Å². The monoisotopic (exact) mass is 327 g/mol. The van der Waals surface area contributed by atoms with Gasteiger partial charge in [-0.1, -0.05) is 44.9 Å². The Hall–Kier alpha value is -1.54. The highest BCUT2D eigenvalue weighted by Gasteiger charge is 2.57. The molecule has 0 N–H and O–H groups in total. The molecule has 0 radical (unpaired) electrons. The predicted octanol–water partition coefficient (Wildman–Crippen LogP) is 5.96. The Morgan fingerprint density at radius 1 is 1.38 bits per heavy atom. The maximum Gasteiger partial charge on any atom is 0.225 e. The van der Waals surface area contributed by atoms with Crippen molar-refractivity contribution >= 4 is 5.91 Å². The highest BCUT2D eigenvalue weighted by atomic mass is 16.2. The zero-order chi connectivity index (χ0) is 17.6. The van der Waals surface area contributed by atoms with Crippen LogP contribution in [0.15, 0.2) is 29.4 Å². The Balaban J connectivity index is 1.98. The van der Waals surface area contributed by atoms with Crippen molar-refractivity contribution in [2.45, 2.75) is 65.7 Å². The van der Waals surface area contributed by atoms with E-state index in [4.69, 9.17) is 5.53 Å². The molecule has 2 saturated carbocycles. The van der Waals surface area contributed by atoms with Crippen LogP contribution in [0, 0.1) is 28.1 Å². The lowest BCUT2D eigenvalue weighted by Gasteiger charge is -2.59. The number of nitrogens with zero attached hydrogens (tertiary/aromatic N) is 3. The molecule has 3 aliphatic rings. The summed E-state index contributed by atoms with van der Waals surface area (Å²) in [6.07, 6.45) is 11.9. The van der Waals surface area contributed by atoms with Crippen LogP contribution in [0.5, 0.6) is 0 Å². The van der Waals surface area contributed by atoms with Crippen LogP contribution in [-0.4, -0.2) is 5.91 Å². The van der Waals surface area contributed by atoms with Gasteiger partial charge in [-0.25, -0.2) is 0 Å². The van der Waals surface area contributed by atoms with E-state index in [1.165, 1.54) is 19.3 Å². The van der Waals surface area contributed by atoms with Crippen LogP contribution in [0.2, 0.25) is 0 Å². The Labute approximate surface area is 145 Å². The van der Waals surface area contributed by atoms with Gasteiger partial charge in [-0.05, 0) is 71.8 Å². The second-order valence-corrected chi connectivity index (χ2v) is 8.96. The maximum atomic E-state index is 12.6. The molecule has 4 heteroatoms. The molecule has 0 unspecified atom stereocenters. The molecule has 0 saturated heterocycles. The van der Waals surface area contributed by atoms with Crippen molar-refractivity contribution < 1.29 is 4.79 Å². The van der Waals surface area contributed by atoms with Crippen molar-refractivity contribution in [3.63, 3.8) is 0 Å². The summed E-state index contributed by atoms with van der Waals surface area (Å²) in [4.78, 5) is 15.3. The van der Waals surface area contributed by atoms with Gasteiger partial charge >= 0.3 is 0 Å². The summed E-state index contributed by atoms with van der Waals surface area (Å²) < 4.78 is 0. The van der Waals surface area contributed by atoms with E-state index in [0.29, 0.717) is 5.92 Å². The minimum atomic E-state index is -0.513. The van der Waals surface area contributed by atoms with E-state index in [9.17, 15) is 4.79 Å². The number of hydrogen-bond acceptors (Lipinski definition) is 1. The summed E-state index contributed by atoms with van der Waals surface area (Å²) >= 11 is 0. The average molecular weight is 327 g/mol. The molecule has 0 heterocycles. The first-order valence-corrected chi connectivity index (χ1v) is 9.21. The molecular formula is C20H29N3O. The molecule has 5 atom stereocenters. The molecule has 3 rings (SSSR count). The van der Waals surface area contributed by atoms with E-state index in [2.05, 4.69) is 42.6 Å². The Morgan fingerprint density at radius 2 is 2.12 bits per heavy atom. The number of carbonyl (C=O) groups is 1. The third-order valence-electron chi connectivity index (χ3n) is 7.57. The van der Waals surface area contributed by atoms with Gasteiger partial charge in [0, 0.05) is 10.3 Å². The molecule has 130 valence electrons. The number of amides is 1. The lowest BCUT2D eigenvalue weighted by atomic mass is 9.45. The predicted molar refractivity (Wildman–Crippen MR) is 96.1 cm³/mol. The van der Waals surface area contributed by atoms with Crippen LogP contribution in [0.4, 0.5) is 0 Å². The lowest BCUT2D eigenvalue weighted by molar-refractivity contribution is -0.141. The van der Waals surface area contributed by atoms with Gasteiger partial charge < -0.3 is 0 Å². The molecule has 4 nitrogen and oxygen atoms in total. The molecule has 3 aliphatic carbocycles. The van der Waals surface area contributed by atoms with Crippen LogP contribution >= 0.6 is 0 Å². The first kappa shape index (κ1) is 17.3. The molecule has 24 heavy (non-hydrogen) atoms. The van der Waals surface area contributed by atoms with E-state index in [1.807, 2.05) is 6.92 Å². The summed E-state index contributed by atoms with van der Waals surface area (Å²) in [6.45, 7) is 10.8. The molecule has 0 aromatic rings. The number of allylic oxidation sites excluding steroid dienone is 3. The van der Waals surface area contributed by atoms with E-state index in [0.717, 1.165) is 25.7 Å². The Bertz CT molecular complexity index is 647. The molecule has 1 amide bonds. The summed E-state index contributed by atoms with van der Waals surface area (Å²) in [7, 11) is 0. The molecule has 0 bridgehead atoms. The van der Waals surface area contributed by atoms with Crippen LogP contribution in [-0.2, 0) is 4.79 Å². The Kier molecular flexibility index (Phi) is 4.16. The average Bonchev–Trinajstić information content (AvgIpc) is 2.54. The normalized spacial score (nSPS) is 44.4. The third kappa shape index (κ3) is 2.43. The van der Waals surface area contributed by atoms with E-state index < -0.39 is 5.41 Å². The van der Waals surface area contributed by atoms with Crippen LogP contribution in [0.3, 0.4) is 0 Å². The van der Waals surface area contributed by atoms with Crippen molar-refractivity contribution in [3.05, 3.63) is 34.7 Å². The van der Waals surface area contributed by atoms with Gasteiger partial charge in [-0.3, -0.25) is 4.79 Å². The first-order valence-electron chi connectivity index (χ1n) is 9.21. The first-order chi connectivity index (χ1) is 11.3. The minimum Gasteiger partial charge on any atom is -0.292 e. The Morgan fingerprint density at radius 3 is 2.79 bits per heavy atom. The molecule has 0 aromatic heterocycles. The molecule has 2 fully saturated rings. The van der Waals surface area contributed by atoms with Crippen molar-refractivity contribution in [1.29, 1.82) is 0 Å². The molecule has 0 spiro atoms. The fraction of sp³-hybridized carbons (Fsp3) is 0.750. The van der Waals surface area contributed by atoms with Gasteiger partial charge in [0.05, 0.1) is 0 Å². The lowest BCUT2D eigenvalue weighted by Crippen LogP contribution is -2.53. The number of carbonyl (C=O) groups excluding carboxylic acids is 1. The number of fused-ring (bicyclic) bond motifs is 3. The van der Waals surface area contributed by atoms with E-state index >= 15 is 0 Å². The number of hydrogen-bond donors (Lipinski definition) is 0. The van der Waals surface area contributed by atoms with E-state index in [1.54, 1.807) is 5.57 Å². The van der Waals surface area contributed by atoms with Gasteiger partial charge in [0.25, 0.3) is 0 Å². The van der Waals surface area contributed by atoms with E-state index in [-0.39, 0.29) is 22.7 Å².